The molecular weight excluding hydrogens is 258 g/mol. The number of methoxy groups -OCH3 is 1. The Morgan fingerprint density at radius 2 is 2.00 bits per heavy atom. The third kappa shape index (κ3) is 2.46. The molecular formula is C14H17N3O3. The normalized spacial score (nSPS) is 16.2. The minimum Gasteiger partial charge on any atom is -0.493 e. The molecule has 0 saturated carbocycles. The Morgan fingerprint density at radius 1 is 1.20 bits per heavy atom. The third-order valence-corrected chi connectivity index (χ3v) is 3.41. The number of rotatable bonds is 3. The second-order valence-corrected chi connectivity index (χ2v) is 4.71. The minimum absolute atomic E-state index is 0.140. The highest BCUT2D eigenvalue weighted by Gasteiger charge is 2.18. The van der Waals surface area contributed by atoms with Gasteiger partial charge in [-0.1, -0.05) is 0 Å². The molecule has 1 saturated heterocycles. The Bertz CT molecular complexity index is 612. The molecule has 6 nitrogen and oxygen atoms in total. The fourth-order valence-electron chi connectivity index (χ4n) is 2.31. The predicted octanol–water partition coefficient (Wildman–Crippen LogP) is 1.78. The molecule has 3 rings (SSSR count). The largest absolute Gasteiger partial charge is 0.493 e. The molecule has 2 N–H and O–H groups in total. The number of hydrogen-bond acceptors (Lipinski definition) is 6. The second kappa shape index (κ2) is 5.50. The van der Waals surface area contributed by atoms with Crippen molar-refractivity contribution in [3.05, 3.63) is 18.5 Å². The van der Waals surface area contributed by atoms with Crippen LogP contribution in [0.15, 0.2) is 18.5 Å². The molecule has 6 heteroatoms. The monoisotopic (exact) mass is 275 g/mol. The van der Waals surface area contributed by atoms with E-state index in [2.05, 4.69) is 9.97 Å². The fraction of sp³-hybridized carbons (Fsp3) is 0.429. The zero-order chi connectivity index (χ0) is 13.9. The van der Waals surface area contributed by atoms with Crippen molar-refractivity contribution in [2.45, 2.75) is 18.9 Å². The van der Waals surface area contributed by atoms with E-state index in [0.717, 1.165) is 37.0 Å². The van der Waals surface area contributed by atoms with Gasteiger partial charge in [-0.2, -0.15) is 0 Å². The molecule has 2 heterocycles. The molecule has 0 amide bonds. The number of nitrogen functional groups attached to an aromatic ring is 1. The molecule has 106 valence electrons. The van der Waals surface area contributed by atoms with Crippen molar-refractivity contribution in [3.63, 3.8) is 0 Å². The highest BCUT2D eigenvalue weighted by atomic mass is 16.5. The summed E-state index contributed by atoms with van der Waals surface area (Å²) in [5.74, 6) is 1.77. The zero-order valence-corrected chi connectivity index (χ0v) is 11.3. The van der Waals surface area contributed by atoms with Crippen LogP contribution in [0.5, 0.6) is 11.5 Å². The second-order valence-electron chi connectivity index (χ2n) is 4.71. The van der Waals surface area contributed by atoms with Gasteiger partial charge in [0.2, 0.25) is 0 Å². The SMILES string of the molecule is COc1cc2ncnc(N)c2cc1OC1CCOCC1. The lowest BCUT2D eigenvalue weighted by Gasteiger charge is -2.24. The van der Waals surface area contributed by atoms with Crippen LogP contribution in [0, 0.1) is 0 Å². The molecule has 1 aromatic carbocycles. The molecule has 0 aliphatic carbocycles. The Kier molecular flexibility index (Phi) is 3.56. The molecule has 1 aliphatic rings. The highest BCUT2D eigenvalue weighted by Crippen LogP contribution is 2.34. The Hall–Kier alpha value is -2.08. The van der Waals surface area contributed by atoms with Crippen molar-refractivity contribution in [2.24, 2.45) is 0 Å². The van der Waals surface area contributed by atoms with Crippen LogP contribution in [0.4, 0.5) is 5.82 Å². The molecule has 1 aliphatic heterocycles. The lowest BCUT2D eigenvalue weighted by Crippen LogP contribution is -2.26. The van der Waals surface area contributed by atoms with Crippen LogP contribution < -0.4 is 15.2 Å². The number of ether oxygens (including phenoxy) is 3. The summed E-state index contributed by atoms with van der Waals surface area (Å²) in [5.41, 5.74) is 6.63. The smallest absolute Gasteiger partial charge is 0.162 e. The van der Waals surface area contributed by atoms with Crippen molar-refractivity contribution in [2.75, 3.05) is 26.1 Å². The molecule has 0 atom stereocenters. The van der Waals surface area contributed by atoms with Crippen molar-refractivity contribution in [1.82, 2.24) is 9.97 Å². The van der Waals surface area contributed by atoms with Gasteiger partial charge in [-0.25, -0.2) is 9.97 Å². The first-order chi connectivity index (χ1) is 9.78. The van der Waals surface area contributed by atoms with Crippen LogP contribution in [-0.2, 0) is 4.74 Å². The van der Waals surface area contributed by atoms with Crippen LogP contribution >= 0.6 is 0 Å². The van der Waals surface area contributed by atoms with E-state index in [4.69, 9.17) is 19.9 Å². The number of nitrogens with two attached hydrogens (primary N) is 1. The maximum absolute atomic E-state index is 6.02. The standard InChI is InChI=1S/C14H17N3O3/c1-18-12-7-11-10(14(15)17-8-16-11)6-13(12)20-9-2-4-19-5-3-9/h6-9H,2-5H2,1H3,(H2,15,16,17). The van der Waals surface area contributed by atoms with Gasteiger partial charge in [-0.05, 0) is 6.07 Å². The molecule has 0 radical (unpaired) electrons. The number of fused-ring (bicyclic) bond motifs is 1. The fourth-order valence-corrected chi connectivity index (χ4v) is 2.31. The number of nitrogens with zero attached hydrogens (tertiary/aromatic N) is 2. The van der Waals surface area contributed by atoms with Crippen molar-refractivity contribution in [1.29, 1.82) is 0 Å². The summed E-state index contributed by atoms with van der Waals surface area (Å²) in [6, 6.07) is 3.67. The summed E-state index contributed by atoms with van der Waals surface area (Å²) in [5, 5.41) is 0.773. The van der Waals surface area contributed by atoms with E-state index in [1.165, 1.54) is 6.33 Å². The Balaban J connectivity index is 1.97. The number of hydrogen-bond donors (Lipinski definition) is 1. The molecule has 20 heavy (non-hydrogen) atoms. The van der Waals surface area contributed by atoms with E-state index in [1.54, 1.807) is 7.11 Å². The van der Waals surface area contributed by atoms with E-state index in [1.807, 2.05) is 12.1 Å². The number of aromatic nitrogens is 2. The van der Waals surface area contributed by atoms with E-state index in [0.29, 0.717) is 17.3 Å². The maximum atomic E-state index is 6.02. The first-order valence-corrected chi connectivity index (χ1v) is 6.60. The Labute approximate surface area is 116 Å². The molecule has 0 bridgehead atoms. The topological polar surface area (TPSA) is 79.5 Å². The van der Waals surface area contributed by atoms with E-state index in [9.17, 15) is 0 Å². The van der Waals surface area contributed by atoms with Crippen LogP contribution in [-0.4, -0.2) is 36.4 Å². The van der Waals surface area contributed by atoms with Crippen molar-refractivity contribution in [3.8, 4) is 11.5 Å². The van der Waals surface area contributed by atoms with Gasteiger partial charge in [0.25, 0.3) is 0 Å². The average molecular weight is 275 g/mol. The van der Waals surface area contributed by atoms with Gasteiger partial charge in [0, 0.05) is 24.3 Å². The summed E-state index contributed by atoms with van der Waals surface area (Å²) < 4.78 is 16.7. The molecule has 1 aromatic heterocycles. The summed E-state index contributed by atoms with van der Waals surface area (Å²) in [6.45, 7) is 1.46. The first kappa shape index (κ1) is 12.9. The highest BCUT2D eigenvalue weighted by molar-refractivity contribution is 5.90. The lowest BCUT2D eigenvalue weighted by molar-refractivity contribution is 0.0246. The number of benzene rings is 1. The summed E-state index contributed by atoms with van der Waals surface area (Å²) >= 11 is 0. The lowest BCUT2D eigenvalue weighted by atomic mass is 10.1. The zero-order valence-electron chi connectivity index (χ0n) is 11.3. The maximum Gasteiger partial charge on any atom is 0.162 e. The van der Waals surface area contributed by atoms with Gasteiger partial charge in [-0.15, -0.1) is 0 Å². The van der Waals surface area contributed by atoms with Crippen molar-refractivity contribution >= 4 is 16.7 Å². The van der Waals surface area contributed by atoms with Crippen LogP contribution in [0.1, 0.15) is 12.8 Å². The van der Waals surface area contributed by atoms with Crippen LogP contribution in [0.3, 0.4) is 0 Å². The van der Waals surface area contributed by atoms with E-state index < -0.39 is 0 Å². The van der Waals surface area contributed by atoms with Gasteiger partial charge in [0.1, 0.15) is 18.2 Å². The van der Waals surface area contributed by atoms with E-state index in [-0.39, 0.29) is 6.10 Å². The van der Waals surface area contributed by atoms with Gasteiger partial charge in [-0.3, -0.25) is 0 Å². The number of anilines is 1. The summed E-state index contributed by atoms with van der Waals surface area (Å²) in [7, 11) is 1.61. The van der Waals surface area contributed by atoms with Crippen molar-refractivity contribution < 1.29 is 14.2 Å². The summed E-state index contributed by atoms with van der Waals surface area (Å²) in [4.78, 5) is 8.19. The van der Waals surface area contributed by atoms with Gasteiger partial charge in [0.05, 0.1) is 25.8 Å². The average Bonchev–Trinajstić information content (AvgIpc) is 2.48. The van der Waals surface area contributed by atoms with Gasteiger partial charge < -0.3 is 19.9 Å². The minimum atomic E-state index is 0.140. The summed E-state index contributed by atoms with van der Waals surface area (Å²) in [6.07, 6.45) is 3.33. The van der Waals surface area contributed by atoms with E-state index >= 15 is 0 Å². The quantitative estimate of drug-likeness (QED) is 0.919. The first-order valence-electron chi connectivity index (χ1n) is 6.60. The molecule has 0 unspecified atom stereocenters. The van der Waals surface area contributed by atoms with Gasteiger partial charge >= 0.3 is 0 Å². The van der Waals surface area contributed by atoms with Crippen LogP contribution in [0.2, 0.25) is 0 Å². The van der Waals surface area contributed by atoms with Gasteiger partial charge in [0.15, 0.2) is 11.5 Å². The van der Waals surface area contributed by atoms with Crippen LogP contribution in [0.25, 0.3) is 10.9 Å². The molecule has 2 aromatic rings. The third-order valence-electron chi connectivity index (χ3n) is 3.41. The molecule has 1 fully saturated rings. The Morgan fingerprint density at radius 3 is 2.75 bits per heavy atom. The molecule has 0 spiro atoms. The predicted molar refractivity (Wildman–Crippen MR) is 75.0 cm³/mol.